The highest BCUT2D eigenvalue weighted by atomic mass is 32.2. The molecule has 1 unspecified atom stereocenters. The Morgan fingerprint density at radius 3 is 2.50 bits per heavy atom. The third-order valence-corrected chi connectivity index (χ3v) is 3.16. The third-order valence-electron chi connectivity index (χ3n) is 1.85. The quantitative estimate of drug-likeness (QED) is 0.846. The van der Waals surface area contributed by atoms with Crippen LogP contribution in [0.2, 0.25) is 0 Å². The van der Waals surface area contributed by atoms with E-state index in [4.69, 9.17) is 4.78 Å². The number of aromatic nitrogens is 1. The van der Waals surface area contributed by atoms with E-state index in [1.54, 1.807) is 6.07 Å². The summed E-state index contributed by atoms with van der Waals surface area (Å²) in [5, 5.41) is -1.11. The van der Waals surface area contributed by atoms with Crippen molar-refractivity contribution < 1.29 is 21.8 Å². The first kappa shape index (κ1) is 10.9. The Hall–Kier alpha value is -1.57. The highest BCUT2D eigenvalue weighted by Crippen LogP contribution is 2.31. The average molecular weight is 250 g/mol. The van der Waals surface area contributed by atoms with Crippen LogP contribution < -0.4 is 0 Å². The van der Waals surface area contributed by atoms with Gasteiger partial charge >= 0.3 is 10.7 Å². The Kier molecular flexibility index (Phi) is 2.19. The summed E-state index contributed by atoms with van der Waals surface area (Å²) < 4.78 is 59.5. The molecule has 16 heavy (non-hydrogen) atoms. The molecule has 1 heterocycles. The Morgan fingerprint density at radius 1 is 1.31 bits per heavy atom. The van der Waals surface area contributed by atoms with Crippen molar-refractivity contribution in [1.29, 1.82) is 4.78 Å². The molecule has 0 saturated carbocycles. The van der Waals surface area contributed by atoms with Gasteiger partial charge in [0.1, 0.15) is 5.52 Å². The Morgan fingerprint density at radius 2 is 1.94 bits per heavy atom. The molecule has 0 spiro atoms. The molecule has 8 heteroatoms. The van der Waals surface area contributed by atoms with E-state index in [0.717, 1.165) is 0 Å². The van der Waals surface area contributed by atoms with Gasteiger partial charge in [0.25, 0.3) is 0 Å². The topological polar surface area (TPSA) is 67.0 Å². The van der Waals surface area contributed by atoms with Crippen LogP contribution in [0.25, 0.3) is 11.1 Å². The predicted molar refractivity (Wildman–Crippen MR) is 49.2 cm³/mol. The lowest BCUT2D eigenvalue weighted by Gasteiger charge is -2.05. The van der Waals surface area contributed by atoms with Gasteiger partial charge in [-0.15, -0.1) is 0 Å². The summed E-state index contributed by atoms with van der Waals surface area (Å²) in [5.74, 6) is 0. The molecule has 1 aromatic carbocycles. The van der Waals surface area contributed by atoms with E-state index in [0.29, 0.717) is 0 Å². The summed E-state index contributed by atoms with van der Waals surface area (Å²) >= 11 is 0. The number of nitrogens with one attached hydrogen (secondary N) is 1. The van der Waals surface area contributed by atoms with E-state index < -0.39 is 20.5 Å². The molecular formula is C8H5F3N2O2S. The molecule has 4 nitrogen and oxygen atoms in total. The van der Waals surface area contributed by atoms with Gasteiger partial charge in [-0.1, -0.05) is 12.1 Å². The lowest BCUT2D eigenvalue weighted by atomic mass is 10.3. The van der Waals surface area contributed by atoms with Crippen LogP contribution in [0.4, 0.5) is 13.2 Å². The van der Waals surface area contributed by atoms with Gasteiger partial charge in [0, 0.05) is 0 Å². The van der Waals surface area contributed by atoms with E-state index in [1.807, 2.05) is 0 Å². The molecule has 2 aromatic rings. The second-order valence-corrected chi connectivity index (χ2v) is 4.87. The average Bonchev–Trinajstić information content (AvgIpc) is 2.59. The van der Waals surface area contributed by atoms with Gasteiger partial charge in [0.05, 0.1) is 0 Å². The third kappa shape index (κ3) is 1.54. The van der Waals surface area contributed by atoms with Crippen LogP contribution in [0.3, 0.4) is 0 Å². The van der Waals surface area contributed by atoms with E-state index in [-0.39, 0.29) is 11.1 Å². The zero-order valence-corrected chi connectivity index (χ0v) is 8.43. The van der Waals surface area contributed by atoms with Crippen LogP contribution in [0.15, 0.2) is 33.9 Å². The molecule has 0 aliphatic rings. The lowest BCUT2D eigenvalue weighted by Crippen LogP contribution is -2.22. The van der Waals surface area contributed by atoms with Crippen molar-refractivity contribution in [2.24, 2.45) is 0 Å². The fourth-order valence-corrected chi connectivity index (χ4v) is 1.71. The molecule has 0 aliphatic carbocycles. The predicted octanol–water partition coefficient (Wildman–Crippen LogP) is 2.75. The van der Waals surface area contributed by atoms with E-state index in [2.05, 4.69) is 9.40 Å². The second kappa shape index (κ2) is 3.21. The molecule has 2 rings (SSSR count). The van der Waals surface area contributed by atoms with Gasteiger partial charge in [0.15, 0.2) is 5.58 Å². The molecule has 0 bridgehead atoms. The van der Waals surface area contributed by atoms with Crippen LogP contribution in [0.1, 0.15) is 0 Å². The maximum Gasteiger partial charge on any atom is 0.488 e. The van der Waals surface area contributed by atoms with Gasteiger partial charge in [-0.25, -0.2) is 14.0 Å². The summed E-state index contributed by atoms with van der Waals surface area (Å²) in [6.45, 7) is 0. The number of oxazole rings is 1. The van der Waals surface area contributed by atoms with Gasteiger partial charge in [-0.2, -0.15) is 13.2 Å². The van der Waals surface area contributed by atoms with Crippen molar-refractivity contribution in [3.05, 3.63) is 24.3 Å². The van der Waals surface area contributed by atoms with Gasteiger partial charge < -0.3 is 4.42 Å². The summed E-state index contributed by atoms with van der Waals surface area (Å²) in [7, 11) is -5.02. The summed E-state index contributed by atoms with van der Waals surface area (Å²) in [5.41, 5.74) is -4.98. The maximum atomic E-state index is 12.3. The van der Waals surface area contributed by atoms with Crippen molar-refractivity contribution in [3.8, 4) is 0 Å². The van der Waals surface area contributed by atoms with E-state index in [9.17, 15) is 17.4 Å². The number of hydrogen-bond acceptors (Lipinski definition) is 4. The molecule has 0 fully saturated rings. The highest BCUT2D eigenvalue weighted by molar-refractivity contribution is 7.93. The molecular weight excluding hydrogens is 245 g/mol. The van der Waals surface area contributed by atoms with E-state index in [1.165, 1.54) is 18.2 Å². The first-order valence-electron chi connectivity index (χ1n) is 4.03. The maximum absolute atomic E-state index is 12.3. The monoisotopic (exact) mass is 250 g/mol. The van der Waals surface area contributed by atoms with Crippen molar-refractivity contribution >= 4 is 20.8 Å². The minimum atomic E-state index is -5.19. The SMILES string of the molecule is N=S(=O)(c1nc2ccccc2o1)C(F)(F)F. The number of nitrogens with zero attached hydrogens (tertiary/aromatic N) is 1. The first-order valence-corrected chi connectivity index (χ1v) is 5.59. The molecule has 0 amide bonds. The molecule has 1 atom stereocenters. The number of rotatable bonds is 1. The Balaban J connectivity index is 2.66. The molecule has 1 N–H and O–H groups in total. The van der Waals surface area contributed by atoms with Crippen molar-refractivity contribution in [3.63, 3.8) is 0 Å². The van der Waals surface area contributed by atoms with Gasteiger partial charge in [-0.3, -0.25) is 0 Å². The molecule has 0 saturated heterocycles. The molecule has 0 radical (unpaired) electrons. The Labute approximate surface area is 88.1 Å². The lowest BCUT2D eigenvalue weighted by molar-refractivity contribution is -0.0418. The molecule has 86 valence electrons. The molecule has 0 aliphatic heterocycles. The number of halogens is 3. The summed E-state index contributed by atoms with van der Waals surface area (Å²) in [4.78, 5) is 3.40. The minimum Gasteiger partial charge on any atom is -0.429 e. The number of hydrogen-bond donors (Lipinski definition) is 1. The van der Waals surface area contributed by atoms with Crippen LogP contribution in [0.5, 0.6) is 0 Å². The fourth-order valence-electron chi connectivity index (χ4n) is 1.07. The number of fused-ring (bicyclic) bond motifs is 1. The minimum absolute atomic E-state index is 0.0710. The first-order chi connectivity index (χ1) is 7.32. The van der Waals surface area contributed by atoms with Gasteiger partial charge in [-0.05, 0) is 12.1 Å². The summed E-state index contributed by atoms with van der Waals surface area (Å²) in [6.07, 6.45) is 0. The number of para-hydroxylation sites is 2. The normalized spacial score (nSPS) is 16.2. The zero-order chi connectivity index (χ0) is 12.0. The smallest absolute Gasteiger partial charge is 0.429 e. The van der Waals surface area contributed by atoms with Crippen molar-refractivity contribution in [2.75, 3.05) is 0 Å². The van der Waals surface area contributed by atoms with Crippen molar-refractivity contribution in [1.82, 2.24) is 4.98 Å². The highest BCUT2D eigenvalue weighted by Gasteiger charge is 2.46. The largest absolute Gasteiger partial charge is 0.488 e. The summed E-state index contributed by atoms with van der Waals surface area (Å²) in [6, 6.07) is 5.89. The van der Waals surface area contributed by atoms with Crippen LogP contribution in [0, 0.1) is 4.78 Å². The molecule has 1 aromatic heterocycles. The standard InChI is InChI=1S/C8H5F3N2O2S/c9-8(10,11)16(12,14)7-13-5-3-1-2-4-6(5)15-7/h1-4,12H. The van der Waals surface area contributed by atoms with Crippen molar-refractivity contribution in [2.45, 2.75) is 10.7 Å². The Bertz CT molecular complexity index is 597. The van der Waals surface area contributed by atoms with Gasteiger partial charge in [0.2, 0.25) is 9.73 Å². The second-order valence-electron chi connectivity index (χ2n) is 2.95. The fraction of sp³-hybridized carbons (Fsp3) is 0.125. The number of alkyl halides is 3. The zero-order valence-electron chi connectivity index (χ0n) is 7.62. The van der Waals surface area contributed by atoms with Crippen LogP contribution in [-0.2, 0) is 9.73 Å². The van der Waals surface area contributed by atoms with E-state index >= 15 is 0 Å². The van der Waals surface area contributed by atoms with Crippen LogP contribution >= 0.6 is 0 Å². The number of benzene rings is 1. The van der Waals surface area contributed by atoms with Crippen LogP contribution in [-0.4, -0.2) is 14.7 Å².